The van der Waals surface area contributed by atoms with Gasteiger partial charge in [0, 0.05) is 32.7 Å². The molecule has 10 heteroatoms. The number of guanidine groups is 1. The van der Waals surface area contributed by atoms with Crippen molar-refractivity contribution in [1.82, 2.24) is 15.5 Å². The summed E-state index contributed by atoms with van der Waals surface area (Å²) in [7, 11) is 1.89. The van der Waals surface area contributed by atoms with Gasteiger partial charge in [-0.1, -0.05) is 0 Å². The van der Waals surface area contributed by atoms with Crippen molar-refractivity contribution in [1.29, 1.82) is 0 Å². The molecule has 1 aliphatic rings. The molecule has 0 radical (unpaired) electrons. The second-order valence-electron chi connectivity index (χ2n) is 6.65. The van der Waals surface area contributed by atoms with E-state index in [1.165, 1.54) is 0 Å². The Kier molecular flexibility index (Phi) is 8.84. The van der Waals surface area contributed by atoms with Crippen molar-refractivity contribution in [3.63, 3.8) is 0 Å². The maximum absolute atomic E-state index is 11.5. The molecule has 0 saturated carbocycles. The lowest BCUT2D eigenvalue weighted by Crippen LogP contribution is -2.45. The van der Waals surface area contributed by atoms with E-state index in [0.29, 0.717) is 49.4 Å². The van der Waals surface area contributed by atoms with Gasteiger partial charge in [0.1, 0.15) is 0 Å². The summed E-state index contributed by atoms with van der Waals surface area (Å²) >= 11 is 0. The summed E-state index contributed by atoms with van der Waals surface area (Å²) in [6.45, 7) is 5.81. The number of hydrogen-bond acceptors (Lipinski definition) is 7. The molecule has 0 spiro atoms. The predicted octanol–water partition coefficient (Wildman–Crippen LogP) is 0.498. The zero-order valence-corrected chi connectivity index (χ0v) is 18.5. The van der Waals surface area contributed by atoms with Crippen LogP contribution in [0.15, 0.2) is 17.1 Å². The van der Waals surface area contributed by atoms with E-state index in [1.807, 2.05) is 19.1 Å². The van der Waals surface area contributed by atoms with Crippen LogP contribution in [-0.2, 0) is 16.4 Å². The first kappa shape index (κ1) is 23.1. The van der Waals surface area contributed by atoms with Crippen molar-refractivity contribution in [2.75, 3.05) is 65.6 Å². The van der Waals surface area contributed by atoms with E-state index < -0.39 is 9.84 Å². The average Bonchev–Trinajstić information content (AvgIpc) is 2.72. The molecular weight excluding hydrogens is 396 g/mol. The predicted molar refractivity (Wildman–Crippen MR) is 114 cm³/mol. The van der Waals surface area contributed by atoms with Crippen molar-refractivity contribution in [3.05, 3.63) is 17.7 Å². The Bertz CT molecular complexity index is 759. The standard InChI is InChI=1S/C19H32N4O5S/c1-5-20-19(21-6-7-23-8-10-29(24,25)11-9-23)22-14-15-12-16(26-2)18(28-4)17(13-15)27-3/h12-13H,5-11,14H2,1-4H3,(H2,20,21,22). The third kappa shape index (κ3) is 6.97. The van der Waals surface area contributed by atoms with Gasteiger partial charge in [0.05, 0.1) is 39.4 Å². The molecule has 0 amide bonds. The number of sulfone groups is 1. The summed E-state index contributed by atoms with van der Waals surface area (Å²) in [6.07, 6.45) is 0. The van der Waals surface area contributed by atoms with Crippen LogP contribution in [0.1, 0.15) is 12.5 Å². The van der Waals surface area contributed by atoms with Gasteiger partial charge in [-0.2, -0.15) is 0 Å². The molecule has 9 nitrogen and oxygen atoms in total. The molecule has 0 unspecified atom stereocenters. The highest BCUT2D eigenvalue weighted by Crippen LogP contribution is 2.38. The summed E-state index contributed by atoms with van der Waals surface area (Å²) in [5.41, 5.74) is 0.929. The highest BCUT2D eigenvalue weighted by atomic mass is 32.2. The summed E-state index contributed by atoms with van der Waals surface area (Å²) in [5.74, 6) is 2.91. The zero-order chi connectivity index (χ0) is 21.3. The van der Waals surface area contributed by atoms with Gasteiger partial charge in [-0.3, -0.25) is 4.90 Å². The van der Waals surface area contributed by atoms with Gasteiger partial charge in [-0.05, 0) is 24.6 Å². The molecule has 164 valence electrons. The maximum Gasteiger partial charge on any atom is 0.203 e. The van der Waals surface area contributed by atoms with Crippen LogP contribution >= 0.6 is 0 Å². The molecular formula is C19H32N4O5S. The van der Waals surface area contributed by atoms with Crippen molar-refractivity contribution >= 4 is 15.8 Å². The van der Waals surface area contributed by atoms with Crippen LogP contribution in [0, 0.1) is 0 Å². The van der Waals surface area contributed by atoms with Gasteiger partial charge in [-0.25, -0.2) is 13.4 Å². The lowest BCUT2D eigenvalue weighted by molar-refractivity contribution is 0.299. The summed E-state index contributed by atoms with van der Waals surface area (Å²) in [4.78, 5) is 6.77. The van der Waals surface area contributed by atoms with E-state index >= 15 is 0 Å². The molecule has 0 atom stereocenters. The van der Waals surface area contributed by atoms with Gasteiger partial charge < -0.3 is 24.8 Å². The molecule has 1 fully saturated rings. The van der Waals surface area contributed by atoms with Crippen molar-refractivity contribution in [2.45, 2.75) is 13.5 Å². The number of methoxy groups -OCH3 is 3. The molecule has 1 heterocycles. The van der Waals surface area contributed by atoms with E-state index in [1.54, 1.807) is 21.3 Å². The van der Waals surface area contributed by atoms with Crippen LogP contribution in [0.2, 0.25) is 0 Å². The average molecular weight is 429 g/mol. The van der Waals surface area contributed by atoms with Gasteiger partial charge >= 0.3 is 0 Å². The summed E-state index contributed by atoms with van der Waals surface area (Å²) in [6, 6.07) is 3.76. The number of benzene rings is 1. The largest absolute Gasteiger partial charge is 0.493 e. The van der Waals surface area contributed by atoms with E-state index in [9.17, 15) is 8.42 Å². The first-order valence-corrected chi connectivity index (χ1v) is 11.5. The van der Waals surface area contributed by atoms with Crippen molar-refractivity contribution in [3.8, 4) is 17.2 Å². The Labute approximate surface area is 173 Å². The topological polar surface area (TPSA) is 101 Å². The fraction of sp³-hybridized carbons (Fsp3) is 0.632. The Balaban J connectivity index is 1.96. The molecule has 0 bridgehead atoms. The van der Waals surface area contributed by atoms with E-state index in [-0.39, 0.29) is 11.5 Å². The molecule has 2 rings (SSSR count). The Hall–Kier alpha value is -2.20. The highest BCUT2D eigenvalue weighted by Gasteiger charge is 2.21. The van der Waals surface area contributed by atoms with Crippen LogP contribution in [-0.4, -0.2) is 84.8 Å². The molecule has 0 aliphatic carbocycles. The van der Waals surface area contributed by atoms with Gasteiger partial charge in [-0.15, -0.1) is 0 Å². The fourth-order valence-corrected chi connectivity index (χ4v) is 4.32. The number of aliphatic imine (C=N–C) groups is 1. The van der Waals surface area contributed by atoms with Crippen molar-refractivity contribution < 1.29 is 22.6 Å². The minimum atomic E-state index is -2.85. The minimum absolute atomic E-state index is 0.238. The Morgan fingerprint density at radius 2 is 1.69 bits per heavy atom. The van der Waals surface area contributed by atoms with Gasteiger partial charge in [0.25, 0.3) is 0 Å². The molecule has 1 saturated heterocycles. The number of nitrogens with one attached hydrogen (secondary N) is 2. The monoisotopic (exact) mass is 428 g/mol. The van der Waals surface area contributed by atoms with Gasteiger partial charge in [0.15, 0.2) is 27.3 Å². The molecule has 2 N–H and O–H groups in total. The van der Waals surface area contributed by atoms with Crippen LogP contribution in [0.4, 0.5) is 0 Å². The number of hydrogen-bond donors (Lipinski definition) is 2. The molecule has 0 aromatic heterocycles. The molecule has 29 heavy (non-hydrogen) atoms. The zero-order valence-electron chi connectivity index (χ0n) is 17.7. The smallest absolute Gasteiger partial charge is 0.203 e. The van der Waals surface area contributed by atoms with E-state index in [0.717, 1.165) is 18.7 Å². The minimum Gasteiger partial charge on any atom is -0.493 e. The molecule has 1 aromatic rings. The SMILES string of the molecule is CCNC(=NCc1cc(OC)c(OC)c(OC)c1)NCCN1CCS(=O)(=O)CC1. The van der Waals surface area contributed by atoms with E-state index in [2.05, 4.69) is 20.5 Å². The highest BCUT2D eigenvalue weighted by molar-refractivity contribution is 7.91. The Morgan fingerprint density at radius 1 is 1.07 bits per heavy atom. The lowest BCUT2D eigenvalue weighted by atomic mass is 10.2. The van der Waals surface area contributed by atoms with Crippen LogP contribution in [0.3, 0.4) is 0 Å². The van der Waals surface area contributed by atoms with Crippen LogP contribution < -0.4 is 24.8 Å². The van der Waals surface area contributed by atoms with Gasteiger partial charge in [0.2, 0.25) is 5.75 Å². The molecule has 1 aliphatic heterocycles. The van der Waals surface area contributed by atoms with E-state index in [4.69, 9.17) is 14.2 Å². The number of rotatable bonds is 9. The lowest BCUT2D eigenvalue weighted by Gasteiger charge is -2.26. The molecule has 1 aromatic carbocycles. The normalized spacial score (nSPS) is 16.9. The Morgan fingerprint density at radius 3 is 2.21 bits per heavy atom. The first-order chi connectivity index (χ1) is 13.9. The number of nitrogens with zero attached hydrogens (tertiary/aromatic N) is 2. The summed E-state index contributed by atoms with van der Waals surface area (Å²) < 4.78 is 39.2. The third-order valence-corrected chi connectivity index (χ3v) is 6.26. The van der Waals surface area contributed by atoms with Crippen LogP contribution in [0.25, 0.3) is 0 Å². The number of ether oxygens (including phenoxy) is 3. The first-order valence-electron chi connectivity index (χ1n) is 9.66. The summed E-state index contributed by atoms with van der Waals surface area (Å²) in [5, 5.41) is 6.52. The second-order valence-corrected chi connectivity index (χ2v) is 8.95. The fourth-order valence-electron chi connectivity index (χ4n) is 3.05. The van der Waals surface area contributed by atoms with Crippen LogP contribution in [0.5, 0.6) is 17.2 Å². The van der Waals surface area contributed by atoms with Crippen molar-refractivity contribution in [2.24, 2.45) is 4.99 Å². The third-order valence-electron chi connectivity index (χ3n) is 4.65. The quantitative estimate of drug-likeness (QED) is 0.433. The maximum atomic E-state index is 11.5. The second kappa shape index (κ2) is 11.1.